The first-order chi connectivity index (χ1) is 12.0. The van der Waals surface area contributed by atoms with Crippen LogP contribution in [0.4, 0.5) is 0 Å². The van der Waals surface area contributed by atoms with Crippen LogP contribution in [-0.2, 0) is 0 Å². The van der Waals surface area contributed by atoms with Gasteiger partial charge in [0, 0.05) is 30.7 Å². The molecule has 4 heteroatoms. The molecule has 0 saturated carbocycles. The Balaban J connectivity index is 2.04. The lowest BCUT2D eigenvalue weighted by atomic mass is 9.94. The van der Waals surface area contributed by atoms with Crippen LogP contribution in [0.15, 0.2) is 54.6 Å². The Bertz CT molecular complexity index is 772. The third kappa shape index (κ3) is 3.80. The lowest BCUT2D eigenvalue weighted by Gasteiger charge is -2.38. The van der Waals surface area contributed by atoms with Crippen molar-refractivity contribution in [2.45, 2.75) is 38.4 Å². The molecule has 0 amide bonds. The fourth-order valence-corrected chi connectivity index (χ4v) is 3.59. The predicted molar refractivity (Wildman–Crippen MR) is 100 cm³/mol. The zero-order valence-corrected chi connectivity index (χ0v) is 15.1. The van der Waals surface area contributed by atoms with Crippen LogP contribution in [0, 0.1) is 0 Å². The van der Waals surface area contributed by atoms with E-state index in [2.05, 4.69) is 36.6 Å². The van der Waals surface area contributed by atoms with Gasteiger partial charge in [0.05, 0.1) is 12.7 Å². The molecule has 0 aliphatic carbocycles. The molecule has 2 atom stereocenters. The summed E-state index contributed by atoms with van der Waals surface area (Å²) in [4.78, 5) is 0. The van der Waals surface area contributed by atoms with E-state index in [1.165, 1.54) is 0 Å². The maximum atomic E-state index is 10.3. The minimum atomic E-state index is -0.130. The zero-order valence-electron chi connectivity index (χ0n) is 15.1. The smallest absolute Gasteiger partial charge is 0.167 e. The van der Waals surface area contributed by atoms with Gasteiger partial charge in [0.15, 0.2) is 5.66 Å². The molecule has 25 heavy (non-hydrogen) atoms. The summed E-state index contributed by atoms with van der Waals surface area (Å²) in [5.74, 6) is 1.18. The second-order valence-electron chi connectivity index (χ2n) is 6.86. The second-order valence-corrected chi connectivity index (χ2v) is 6.86. The Hall–Kier alpha value is -2.46. The van der Waals surface area contributed by atoms with Crippen LogP contribution in [0.1, 0.15) is 43.9 Å². The molecular weight excluding hydrogens is 312 g/mol. The highest BCUT2D eigenvalue weighted by Crippen LogP contribution is 2.29. The van der Waals surface area contributed by atoms with Crippen LogP contribution in [-0.4, -0.2) is 17.9 Å². The minimum absolute atomic E-state index is 0.0557. The van der Waals surface area contributed by atoms with E-state index in [0.29, 0.717) is 5.75 Å². The molecule has 2 aromatic carbocycles. The number of phenolic OH excluding ortho intramolecular Hbond substituents is 1. The lowest BCUT2D eigenvalue weighted by molar-refractivity contribution is -0.758. The number of quaternary nitrogens is 1. The molecule has 2 unspecified atom stereocenters. The van der Waals surface area contributed by atoms with Gasteiger partial charge in [-0.15, -0.1) is 0 Å². The number of nitrogens with one attached hydrogen (secondary N) is 1. The number of aromatic hydroxyl groups is 1. The van der Waals surface area contributed by atoms with Crippen LogP contribution in [0.2, 0.25) is 0 Å². The Morgan fingerprint density at radius 2 is 2.00 bits per heavy atom. The molecule has 0 saturated heterocycles. The van der Waals surface area contributed by atoms with Crippen molar-refractivity contribution in [2.75, 3.05) is 7.11 Å². The van der Waals surface area contributed by atoms with E-state index in [0.717, 1.165) is 35.4 Å². The number of benzene rings is 2. The van der Waals surface area contributed by atoms with E-state index in [4.69, 9.17) is 4.74 Å². The first-order valence-corrected chi connectivity index (χ1v) is 8.83. The molecule has 4 nitrogen and oxygen atoms in total. The highest BCUT2D eigenvalue weighted by Gasteiger charge is 2.36. The highest BCUT2D eigenvalue weighted by molar-refractivity contribution is 5.67. The van der Waals surface area contributed by atoms with E-state index in [1.54, 1.807) is 13.2 Å². The van der Waals surface area contributed by atoms with Gasteiger partial charge >= 0.3 is 0 Å². The average molecular weight is 339 g/mol. The first kappa shape index (κ1) is 17.4. The van der Waals surface area contributed by atoms with Gasteiger partial charge in [-0.05, 0) is 30.7 Å². The summed E-state index contributed by atoms with van der Waals surface area (Å²) in [5.41, 5.74) is 2.97. The molecule has 4 N–H and O–H groups in total. The molecule has 0 spiro atoms. The largest absolute Gasteiger partial charge is 0.507 e. The summed E-state index contributed by atoms with van der Waals surface area (Å²) >= 11 is 0. The van der Waals surface area contributed by atoms with Crippen LogP contribution in [0.3, 0.4) is 0 Å². The standard InChI is InChI=1S/C21H26N2O2/c1-4-12-21(2)22-18(15-8-7-9-16(13-15)25-3)14-19(23-21)17-10-5-6-11-20(17)24/h5-11,13-14,19,22-24H,4,12H2,1-3H3/p+1. The SMILES string of the molecule is CCCC1(C)NC(c2cccc(OC)c2)=CC(c2ccccc2O)[NH2+]1. The normalized spacial score (nSPS) is 22.8. The Kier molecular flexibility index (Phi) is 5.00. The number of rotatable bonds is 5. The van der Waals surface area contributed by atoms with Crippen LogP contribution < -0.4 is 15.4 Å². The number of methoxy groups -OCH3 is 1. The summed E-state index contributed by atoms with van der Waals surface area (Å²) in [5, 5.41) is 16.3. The van der Waals surface area contributed by atoms with Crippen LogP contribution >= 0.6 is 0 Å². The molecule has 0 bridgehead atoms. The maximum absolute atomic E-state index is 10.3. The van der Waals surface area contributed by atoms with Gasteiger partial charge in [-0.3, -0.25) is 0 Å². The number of nitrogens with two attached hydrogens (primary N) is 1. The second kappa shape index (κ2) is 7.19. The molecule has 0 radical (unpaired) electrons. The molecule has 2 aromatic rings. The molecule has 0 fully saturated rings. The van der Waals surface area contributed by atoms with Gasteiger partial charge in [0.1, 0.15) is 17.5 Å². The van der Waals surface area contributed by atoms with E-state index >= 15 is 0 Å². The third-order valence-electron chi connectivity index (χ3n) is 4.76. The van der Waals surface area contributed by atoms with Crippen molar-refractivity contribution in [3.63, 3.8) is 0 Å². The van der Waals surface area contributed by atoms with Gasteiger partial charge < -0.3 is 20.5 Å². The van der Waals surface area contributed by atoms with E-state index < -0.39 is 0 Å². The fraction of sp³-hybridized carbons (Fsp3) is 0.333. The summed E-state index contributed by atoms with van der Waals surface area (Å²) in [6.07, 6.45) is 4.29. The molecule has 0 aromatic heterocycles. The van der Waals surface area contributed by atoms with E-state index in [1.807, 2.05) is 36.4 Å². The number of phenols is 1. The van der Waals surface area contributed by atoms with E-state index in [9.17, 15) is 5.11 Å². The number of ether oxygens (including phenoxy) is 1. The summed E-state index contributed by atoms with van der Waals surface area (Å²) in [6, 6.07) is 15.7. The van der Waals surface area contributed by atoms with Gasteiger partial charge in [0.2, 0.25) is 0 Å². The van der Waals surface area contributed by atoms with Gasteiger partial charge in [-0.2, -0.15) is 0 Å². The Morgan fingerprint density at radius 1 is 1.20 bits per heavy atom. The number of hydrogen-bond acceptors (Lipinski definition) is 3. The van der Waals surface area contributed by atoms with Crippen molar-refractivity contribution >= 4 is 5.70 Å². The predicted octanol–water partition coefficient (Wildman–Crippen LogP) is 3.17. The lowest BCUT2D eigenvalue weighted by Crippen LogP contribution is -3.01. The zero-order chi connectivity index (χ0) is 17.9. The summed E-state index contributed by atoms with van der Waals surface area (Å²) in [6.45, 7) is 4.41. The van der Waals surface area contributed by atoms with Crippen molar-refractivity contribution in [2.24, 2.45) is 0 Å². The van der Waals surface area contributed by atoms with Crippen LogP contribution in [0.25, 0.3) is 5.70 Å². The Morgan fingerprint density at radius 3 is 2.72 bits per heavy atom. The molecule has 1 heterocycles. The quantitative estimate of drug-likeness (QED) is 0.784. The molecule has 1 aliphatic rings. The van der Waals surface area contributed by atoms with Crippen molar-refractivity contribution in [1.82, 2.24) is 5.32 Å². The fourth-order valence-electron chi connectivity index (χ4n) is 3.59. The van der Waals surface area contributed by atoms with Crippen molar-refractivity contribution in [3.05, 3.63) is 65.7 Å². The highest BCUT2D eigenvalue weighted by atomic mass is 16.5. The van der Waals surface area contributed by atoms with Gasteiger partial charge in [0.25, 0.3) is 0 Å². The number of para-hydroxylation sites is 1. The monoisotopic (exact) mass is 339 g/mol. The molecular formula is C21H27N2O2+. The van der Waals surface area contributed by atoms with Crippen molar-refractivity contribution in [1.29, 1.82) is 0 Å². The van der Waals surface area contributed by atoms with Gasteiger partial charge in [-0.1, -0.05) is 31.2 Å². The first-order valence-electron chi connectivity index (χ1n) is 8.83. The molecule has 132 valence electrons. The Labute approximate surface area is 149 Å². The average Bonchev–Trinajstić information content (AvgIpc) is 2.61. The van der Waals surface area contributed by atoms with Crippen LogP contribution in [0.5, 0.6) is 11.5 Å². The third-order valence-corrected chi connectivity index (χ3v) is 4.76. The number of hydrogen-bond donors (Lipinski definition) is 3. The summed E-state index contributed by atoms with van der Waals surface area (Å²) in [7, 11) is 1.68. The summed E-state index contributed by atoms with van der Waals surface area (Å²) < 4.78 is 5.37. The van der Waals surface area contributed by atoms with E-state index in [-0.39, 0.29) is 11.7 Å². The molecule has 3 rings (SSSR count). The van der Waals surface area contributed by atoms with Gasteiger partial charge in [-0.25, -0.2) is 0 Å². The minimum Gasteiger partial charge on any atom is -0.507 e. The van der Waals surface area contributed by atoms with Crippen molar-refractivity contribution < 1.29 is 15.2 Å². The topological polar surface area (TPSA) is 58.1 Å². The van der Waals surface area contributed by atoms with Crippen molar-refractivity contribution in [3.8, 4) is 11.5 Å². The maximum Gasteiger partial charge on any atom is 0.167 e. The molecule has 1 aliphatic heterocycles.